The van der Waals surface area contributed by atoms with Crippen molar-refractivity contribution in [2.45, 2.75) is 281 Å². The molecule has 4 N–H and O–H groups in total. The molecule has 9 atom stereocenters. The second kappa shape index (κ2) is 76.2. The molecule has 39 heteroatoms. The van der Waals surface area contributed by atoms with E-state index < -0.39 is 59.1 Å². The number of rotatable bonds is 22. The summed E-state index contributed by atoms with van der Waals surface area (Å²) in [4.78, 5) is 177. The number of hydrogen-bond donors (Lipinski definition) is 4. The number of piperidine rings is 4. The first-order valence-corrected chi connectivity index (χ1v) is 51.6. The fraction of sp³-hybridized carbons (Fsp3) is 0.642. The molecule has 0 spiro atoms. The Morgan fingerprint density at radius 1 is 0.407 bits per heavy atom. The number of carbonyl (C=O) groups is 14. The molecule has 4 aromatic rings. The normalized spacial score (nSPS) is 19.8. The largest absolute Gasteiger partial charge is 1.00 e. The average molecular weight is 2300 g/mol. The molecule has 3 amide bonds. The van der Waals surface area contributed by atoms with Crippen LogP contribution in [-0.4, -0.2) is 334 Å². The van der Waals surface area contributed by atoms with Crippen LogP contribution in [0.25, 0.3) is 0 Å². The standard InChI is InChI=1S/C23H26Cl2N2O5.C22H24Cl2N2O5.4C8H15NO.2C7H13NO.2C6H11NOS.3CH4.FH.HI.K.2H2.H/c1-23(2,3)32-19(28)13-26-18(22(30)31-4)12-14-8-10-15(11-9-14)27-21(29)20-16(24)6-5-7-17(20)25;1-22(2,3)31-21(29)26-17(20(28)30-4)12-13-8-10-14(11-9-13)25-19(27)18-15(23)6-5-7-16(18)24;1-7(10)8-3-5-9(2)6-4-8;1-7(10)8-4-3-5-9(2)6-8;2*1-7(10)8-5-3-4-6-9(8)2;2*1-6(9)7-4-3-5-8(7)2;2*1-5(8)6-3-9-4-7(6)2;;;;;;;;;/h5-11,18,26H,12-13H2,1-4H3,(H,27,29);5-11,17H,12H2,1-4H3,(H,25,27)(H,26,29);4*8H,3-6H2,1-2H3;2*7H,3-5H2,1-2H3;2*6H,3-4H2,1-2H3;3*1H4;2*1H;;2*1H;/q;;;;;;;;;;;;;;;+1;;;-1/t18-;17-;;;2*8-;2*7-;2*6-;;;;;;;;;/m00..101010........./s1/i;;;;;;;;;;;;;;;;1+1;;. The molecule has 1 unspecified atom stereocenters. The topological polar surface area (TPSA) is 350 Å². The number of nitrogens with one attached hydrogen (secondary N) is 4. The van der Waals surface area contributed by atoms with Crippen molar-refractivity contribution in [2.75, 3.05) is 163 Å². The Morgan fingerprint density at radius 2 is 0.724 bits per heavy atom. The summed E-state index contributed by atoms with van der Waals surface area (Å²) in [5.74, 6) is 4.78. The third-order valence-electron chi connectivity index (χ3n) is 24.4. The van der Waals surface area contributed by atoms with E-state index in [0.29, 0.717) is 69.5 Å². The summed E-state index contributed by atoms with van der Waals surface area (Å²) < 4.78 is 20.0. The van der Waals surface area contributed by atoms with Crippen LogP contribution in [0.1, 0.15) is 245 Å². The zero-order valence-corrected chi connectivity index (χ0v) is 98.5. The maximum Gasteiger partial charge on any atom is 1.00 e. The Balaban J connectivity index is -0.000000312. The molecule has 0 radical (unpaired) electrons. The number of esters is 3. The molecule has 8 fully saturated rings. The van der Waals surface area contributed by atoms with Gasteiger partial charge >= 0.3 is 75.4 Å². The van der Waals surface area contributed by atoms with Crippen molar-refractivity contribution in [1.82, 2.24) is 49.8 Å². The summed E-state index contributed by atoms with van der Waals surface area (Å²) in [6, 6.07) is 22.9. The van der Waals surface area contributed by atoms with Crippen molar-refractivity contribution in [2.24, 2.45) is 11.8 Å². The number of anilines is 2. The zero-order chi connectivity index (χ0) is 105. The maximum absolute atomic E-state index is 12.5. The van der Waals surface area contributed by atoms with Gasteiger partial charge in [0.05, 0.1) is 88.2 Å². The number of halogens is 6. The van der Waals surface area contributed by atoms with E-state index in [9.17, 15) is 67.1 Å². The van der Waals surface area contributed by atoms with Crippen LogP contribution in [0.2, 0.25) is 20.1 Å². The van der Waals surface area contributed by atoms with E-state index in [-0.39, 0.29) is 193 Å². The quantitative estimate of drug-likeness (QED) is 0.0246. The Hall–Kier alpha value is -5.34. The molecule has 0 saturated carbocycles. The monoisotopic (exact) mass is 2300 g/mol. The molecule has 8 saturated heterocycles. The Morgan fingerprint density at radius 3 is 0.986 bits per heavy atom. The van der Waals surface area contributed by atoms with Crippen molar-refractivity contribution < 1.29 is 146 Å². The molecular weight excluding hydrogens is 2120 g/mol. The van der Waals surface area contributed by atoms with E-state index in [4.69, 9.17) is 65.4 Å². The maximum atomic E-state index is 12.5. The number of benzene rings is 4. The molecule has 0 aliphatic carbocycles. The number of Topliss-reactive ketones (excluding diaryl/α,β-unsaturated/α-hetero) is 8. The van der Waals surface area contributed by atoms with E-state index >= 15 is 0 Å². The van der Waals surface area contributed by atoms with Crippen LogP contribution in [0.4, 0.5) is 20.9 Å². The molecule has 30 nitrogen and oxygen atoms in total. The summed E-state index contributed by atoms with van der Waals surface area (Å²) in [5, 5.41) is 11.9. The molecule has 8 heterocycles. The molecule has 8 aliphatic rings. The van der Waals surface area contributed by atoms with Gasteiger partial charge in [0.15, 0.2) is 0 Å². The van der Waals surface area contributed by atoms with Gasteiger partial charge in [0.25, 0.3) is 11.8 Å². The van der Waals surface area contributed by atoms with Gasteiger partial charge in [0, 0.05) is 62.3 Å². The minimum absolute atomic E-state index is 0. The van der Waals surface area contributed by atoms with Gasteiger partial charge in [0.1, 0.15) is 69.6 Å². The number of likely N-dealkylation sites (N-methyl/N-ethyl adjacent to an activating group) is 6. The molecule has 4 aromatic carbocycles. The predicted molar refractivity (Wildman–Crippen MR) is 603 cm³/mol. The molecule has 145 heavy (non-hydrogen) atoms. The van der Waals surface area contributed by atoms with Gasteiger partial charge in [-0.1, -0.05) is 118 Å². The third-order valence-corrected chi connectivity index (χ3v) is 27.9. The average Bonchev–Trinajstić information content (AvgIpc) is 1.21. The molecule has 0 bridgehead atoms. The van der Waals surface area contributed by atoms with Crippen LogP contribution in [0.3, 0.4) is 0 Å². The number of ether oxygens (including phenoxy) is 4. The summed E-state index contributed by atoms with van der Waals surface area (Å²) in [7, 11) is 18.8. The van der Waals surface area contributed by atoms with Crippen molar-refractivity contribution in [3.63, 3.8) is 0 Å². The van der Waals surface area contributed by atoms with Crippen LogP contribution in [0.15, 0.2) is 84.9 Å². The first-order valence-electron chi connectivity index (χ1n) is 47.8. The first kappa shape index (κ1) is 146. The van der Waals surface area contributed by atoms with Gasteiger partial charge in [-0.25, -0.2) is 9.59 Å². The SMILES string of the molecule is C.C.C.CC(=O)C1CCCN(C)C1.CC(=O)C1CCN(C)CC1.CC(=O)[C@@H]1CCCCN1C.CC(=O)[C@@H]1CCCN1C.CC(=O)[C@@H]1CSCN1C.CC(=O)[C@H]1CCCCN1C.CC(=O)[C@H]1CCCN1C.CC(=O)[C@H]1CSCN1C.COC(=O)[C@H](Cc1ccc(NC(=O)c2c(Cl)cccc2Cl)cc1)NC(=O)OC(C)(C)C.COC(=O)[C@H](Cc1ccc(NC(=O)c2c(Cl)cccc2Cl)cc1)NCC(=O)OC(C)(C)C.F.I.[2HH].[H-].[HH].[K+]. The van der Waals surface area contributed by atoms with Gasteiger partial charge < -0.3 is 46.1 Å². The van der Waals surface area contributed by atoms with Crippen LogP contribution >= 0.6 is 93.9 Å². The molecule has 8 aliphatic heterocycles. The van der Waals surface area contributed by atoms with Crippen LogP contribution in [0.5, 0.6) is 0 Å². The fourth-order valence-corrected chi connectivity index (χ4v) is 20.0. The Kier molecular flexibility index (Phi) is 76.7. The number of alkyl carbamates (subject to hydrolysis) is 1. The number of hydrogen-bond acceptors (Lipinski definition) is 29. The Bertz CT molecular complexity index is 4430. The second-order valence-electron chi connectivity index (χ2n) is 38.5. The number of likely N-dealkylation sites (tertiary alicyclic amines) is 6. The van der Waals surface area contributed by atoms with Crippen LogP contribution < -0.4 is 72.7 Å². The van der Waals surface area contributed by atoms with E-state index in [2.05, 4.69) is 74.6 Å². The molecule has 12 rings (SSSR count). The van der Waals surface area contributed by atoms with Crippen molar-refractivity contribution >= 4 is 187 Å². The predicted octanol–water partition coefficient (Wildman–Crippen LogP) is 15.9. The van der Waals surface area contributed by atoms with Gasteiger partial charge in [-0.15, -0.1) is 47.5 Å². The van der Waals surface area contributed by atoms with Crippen molar-refractivity contribution in [1.29, 1.82) is 0 Å². The van der Waals surface area contributed by atoms with Crippen molar-refractivity contribution in [3.8, 4) is 0 Å². The van der Waals surface area contributed by atoms with Gasteiger partial charge in [0.2, 0.25) is 0 Å². The summed E-state index contributed by atoms with van der Waals surface area (Å²) in [5.41, 5.74) is 1.64. The van der Waals surface area contributed by atoms with Gasteiger partial charge in [-0.05, 0) is 342 Å². The minimum Gasteiger partial charge on any atom is -1.00 e. The number of ketones is 8. The first-order chi connectivity index (χ1) is 65.2. The number of methoxy groups -OCH3 is 2. The van der Waals surface area contributed by atoms with E-state index in [1.165, 1.54) is 59.2 Å². The number of carbonyl (C=O) groups excluding carboxylic acids is 14. The van der Waals surface area contributed by atoms with Crippen molar-refractivity contribution in [3.05, 3.63) is 127 Å². The summed E-state index contributed by atoms with van der Waals surface area (Å²) >= 11 is 27.9. The number of amides is 3. The Labute approximate surface area is 958 Å². The third kappa shape index (κ3) is 57.8. The van der Waals surface area contributed by atoms with Gasteiger partial charge in [-0.2, -0.15) is 0 Å². The molecule has 0 aromatic heterocycles. The van der Waals surface area contributed by atoms with E-state index in [1.807, 2.05) is 65.8 Å². The number of nitrogens with zero attached hydrogens (tertiary/aromatic N) is 8. The van der Waals surface area contributed by atoms with Crippen LogP contribution in [-0.2, 0) is 84.5 Å². The van der Waals surface area contributed by atoms with Gasteiger partial charge in [-0.3, -0.25) is 97.0 Å². The second-order valence-corrected chi connectivity index (χ2v) is 42.2. The smallest absolute Gasteiger partial charge is 1.00 e. The molecular formula is C106H177Cl4FIKN12O18S2. The molecule has 824 valence electrons. The van der Waals surface area contributed by atoms with Crippen LogP contribution in [0, 0.1) is 11.8 Å². The zero-order valence-electron chi connectivity index (χ0n) is 89.4. The summed E-state index contributed by atoms with van der Waals surface area (Å²) in [6.07, 6.45) is 15.7. The fourth-order valence-electron chi connectivity index (χ4n) is 16.3. The number of thioether (sulfide) groups is 2. The van der Waals surface area contributed by atoms with E-state index in [0.717, 1.165) is 132 Å². The summed E-state index contributed by atoms with van der Waals surface area (Å²) in [6.45, 7) is 32.4. The van der Waals surface area contributed by atoms with E-state index in [1.54, 1.807) is 182 Å². The minimum atomic E-state index is -0.928.